The average molecular weight is 368 g/mol. The molecule has 3 aliphatic rings. The molecule has 0 amide bonds. The fourth-order valence-corrected chi connectivity index (χ4v) is 4.64. The van der Waals surface area contributed by atoms with E-state index in [4.69, 9.17) is 14.4 Å². The van der Waals surface area contributed by atoms with Crippen LogP contribution in [0.15, 0.2) is 60.7 Å². The highest BCUT2D eigenvalue weighted by Crippen LogP contribution is 2.51. The monoisotopic (exact) mass is 368 g/mol. The molecule has 2 aromatic carbocycles. The van der Waals surface area contributed by atoms with E-state index < -0.39 is 24.5 Å². The Morgan fingerprint density at radius 2 is 1.63 bits per heavy atom. The van der Waals surface area contributed by atoms with Gasteiger partial charge in [-0.3, -0.25) is 15.0 Å². The molecule has 140 valence electrons. The molecule has 3 aliphatic heterocycles. The van der Waals surface area contributed by atoms with Gasteiger partial charge in [-0.25, -0.2) is 4.84 Å². The van der Waals surface area contributed by atoms with E-state index in [2.05, 4.69) is 0 Å². The van der Waals surface area contributed by atoms with E-state index in [1.54, 1.807) is 0 Å². The second kappa shape index (κ2) is 6.69. The largest absolute Gasteiger partial charge is 0.350 e. The summed E-state index contributed by atoms with van der Waals surface area (Å²) in [6.45, 7) is 0.588. The summed E-state index contributed by atoms with van der Waals surface area (Å²) >= 11 is 0. The van der Waals surface area contributed by atoms with Gasteiger partial charge in [-0.15, -0.1) is 0 Å². The normalized spacial score (nSPS) is 35.6. The molecule has 7 nitrogen and oxygen atoms in total. The van der Waals surface area contributed by atoms with Crippen LogP contribution in [0.4, 0.5) is 0 Å². The standard InChI is InChI=1S/C20H20N2O5/c23-21(24)18-17-16(13-7-3-1-4-8-13)15-11-12-25-20(15)27-22(17)26-19(18)14-9-5-2-6-10-14/h1-10,15-20H,11-12H2/t15?,16-,17?,18?,19?,20?/m1/s1. The molecule has 3 fully saturated rings. The molecule has 0 aliphatic carbocycles. The van der Waals surface area contributed by atoms with Gasteiger partial charge in [0.2, 0.25) is 0 Å². The Balaban J connectivity index is 1.59. The second-order valence-corrected chi connectivity index (χ2v) is 7.22. The molecule has 27 heavy (non-hydrogen) atoms. The van der Waals surface area contributed by atoms with Crippen molar-refractivity contribution in [3.05, 3.63) is 81.9 Å². The zero-order valence-corrected chi connectivity index (χ0v) is 14.6. The highest BCUT2D eigenvalue weighted by molar-refractivity contribution is 5.27. The minimum Gasteiger partial charge on any atom is -0.350 e. The van der Waals surface area contributed by atoms with Crippen LogP contribution in [0.3, 0.4) is 0 Å². The van der Waals surface area contributed by atoms with Crippen molar-refractivity contribution >= 4 is 0 Å². The molecule has 2 aromatic rings. The zero-order valence-electron chi connectivity index (χ0n) is 14.6. The second-order valence-electron chi connectivity index (χ2n) is 7.22. The Labute approximate surface area is 156 Å². The van der Waals surface area contributed by atoms with E-state index >= 15 is 0 Å². The van der Waals surface area contributed by atoms with E-state index in [0.29, 0.717) is 6.61 Å². The summed E-state index contributed by atoms with van der Waals surface area (Å²) in [6, 6.07) is 17.8. The third kappa shape index (κ3) is 2.74. The predicted molar refractivity (Wildman–Crippen MR) is 94.8 cm³/mol. The maximum absolute atomic E-state index is 12.1. The van der Waals surface area contributed by atoms with Gasteiger partial charge in [-0.2, -0.15) is 0 Å². The van der Waals surface area contributed by atoms with Crippen molar-refractivity contribution in [2.45, 2.75) is 36.8 Å². The van der Waals surface area contributed by atoms with Crippen LogP contribution in [0.5, 0.6) is 0 Å². The molecule has 3 heterocycles. The summed E-state index contributed by atoms with van der Waals surface area (Å²) in [5.74, 6) is -0.0363. The lowest BCUT2D eigenvalue weighted by molar-refractivity contribution is -0.534. The van der Waals surface area contributed by atoms with Crippen molar-refractivity contribution in [2.24, 2.45) is 5.92 Å². The van der Waals surface area contributed by atoms with Crippen molar-refractivity contribution in [1.82, 2.24) is 5.23 Å². The van der Waals surface area contributed by atoms with Gasteiger partial charge >= 0.3 is 0 Å². The molecule has 0 bridgehead atoms. The SMILES string of the molecule is O=[N+]([O-])C1C(c2ccccc2)ON2OC3OCCC3[C@@H](c3ccccc3)C12. The number of rotatable bonds is 3. The molecule has 5 rings (SSSR count). The van der Waals surface area contributed by atoms with Gasteiger partial charge in [0, 0.05) is 16.8 Å². The first-order chi connectivity index (χ1) is 13.2. The molecular weight excluding hydrogens is 348 g/mol. The molecule has 6 atom stereocenters. The van der Waals surface area contributed by atoms with Crippen LogP contribution < -0.4 is 0 Å². The fourth-order valence-electron chi connectivity index (χ4n) is 4.64. The Morgan fingerprint density at radius 3 is 2.30 bits per heavy atom. The number of nitro groups is 1. The Bertz CT molecular complexity index is 818. The van der Waals surface area contributed by atoms with Gasteiger partial charge < -0.3 is 4.74 Å². The third-order valence-electron chi connectivity index (χ3n) is 5.80. The van der Waals surface area contributed by atoms with Crippen molar-refractivity contribution in [3.63, 3.8) is 0 Å². The van der Waals surface area contributed by atoms with Crippen LogP contribution in [-0.2, 0) is 14.4 Å². The maximum Gasteiger partial charge on any atom is 0.265 e. The molecule has 5 unspecified atom stereocenters. The van der Waals surface area contributed by atoms with Gasteiger partial charge in [0.1, 0.15) is 6.04 Å². The van der Waals surface area contributed by atoms with Gasteiger partial charge in [0.25, 0.3) is 6.04 Å². The molecule has 7 heteroatoms. The number of fused-ring (bicyclic) bond motifs is 2. The lowest BCUT2D eigenvalue weighted by atomic mass is 9.75. The molecule has 0 radical (unpaired) electrons. The van der Waals surface area contributed by atoms with Crippen LogP contribution in [0.25, 0.3) is 0 Å². The first-order valence-corrected chi connectivity index (χ1v) is 9.22. The average Bonchev–Trinajstić information content (AvgIpc) is 3.31. The topological polar surface area (TPSA) is 74.1 Å². The minimum absolute atomic E-state index is 0.0641. The fraction of sp³-hybridized carbons (Fsp3) is 0.400. The summed E-state index contributed by atoms with van der Waals surface area (Å²) in [5, 5.41) is 13.5. The first kappa shape index (κ1) is 16.8. The Kier molecular flexibility index (Phi) is 4.17. The zero-order chi connectivity index (χ0) is 18.4. The van der Waals surface area contributed by atoms with Crippen molar-refractivity contribution in [3.8, 4) is 0 Å². The van der Waals surface area contributed by atoms with E-state index in [9.17, 15) is 10.1 Å². The molecule has 0 aromatic heterocycles. The van der Waals surface area contributed by atoms with Crippen LogP contribution in [0.2, 0.25) is 0 Å². The van der Waals surface area contributed by atoms with Crippen molar-refractivity contribution in [2.75, 3.05) is 6.61 Å². The third-order valence-corrected chi connectivity index (χ3v) is 5.80. The number of nitrogens with zero attached hydrogens (tertiary/aromatic N) is 2. The van der Waals surface area contributed by atoms with Crippen LogP contribution in [0.1, 0.15) is 29.6 Å². The summed E-state index contributed by atoms with van der Waals surface area (Å²) in [7, 11) is 0. The highest BCUT2D eigenvalue weighted by atomic mass is 17.0. The highest BCUT2D eigenvalue weighted by Gasteiger charge is 2.62. The lowest BCUT2D eigenvalue weighted by Crippen LogP contribution is -2.53. The number of hydroxylamine groups is 2. The van der Waals surface area contributed by atoms with Gasteiger partial charge in [-0.05, 0) is 17.5 Å². The quantitative estimate of drug-likeness (QED) is 0.612. The smallest absolute Gasteiger partial charge is 0.265 e. The maximum atomic E-state index is 12.1. The lowest BCUT2D eigenvalue weighted by Gasteiger charge is -2.40. The molecule has 0 saturated carbocycles. The van der Waals surface area contributed by atoms with E-state index in [1.807, 2.05) is 60.7 Å². The molecular formula is C20H20N2O5. The Morgan fingerprint density at radius 1 is 0.963 bits per heavy atom. The van der Waals surface area contributed by atoms with E-state index in [-0.39, 0.29) is 16.8 Å². The van der Waals surface area contributed by atoms with Crippen molar-refractivity contribution in [1.29, 1.82) is 0 Å². The molecule has 3 saturated heterocycles. The summed E-state index contributed by atoms with van der Waals surface area (Å²) in [6.07, 6.45) is -0.320. The Hall–Kier alpha value is -2.32. The molecule has 0 N–H and O–H groups in total. The predicted octanol–water partition coefficient (Wildman–Crippen LogP) is 3.08. The van der Waals surface area contributed by atoms with E-state index in [0.717, 1.165) is 17.5 Å². The molecule has 0 spiro atoms. The number of ether oxygens (including phenoxy) is 1. The summed E-state index contributed by atoms with van der Waals surface area (Å²) < 4.78 is 5.74. The van der Waals surface area contributed by atoms with Gasteiger partial charge in [-0.1, -0.05) is 65.9 Å². The van der Waals surface area contributed by atoms with Crippen LogP contribution >= 0.6 is 0 Å². The van der Waals surface area contributed by atoms with Gasteiger partial charge in [0.15, 0.2) is 12.4 Å². The summed E-state index contributed by atoms with van der Waals surface area (Å²) in [4.78, 5) is 23.8. The number of benzene rings is 2. The van der Waals surface area contributed by atoms with Crippen LogP contribution in [0, 0.1) is 16.0 Å². The number of hydrogen-bond acceptors (Lipinski definition) is 6. The van der Waals surface area contributed by atoms with Gasteiger partial charge in [0.05, 0.1) is 6.61 Å². The number of hydrogen-bond donors (Lipinski definition) is 0. The van der Waals surface area contributed by atoms with Crippen LogP contribution in [-0.4, -0.2) is 35.1 Å². The summed E-state index contributed by atoms with van der Waals surface area (Å²) in [5.41, 5.74) is 1.83. The van der Waals surface area contributed by atoms with Crippen molar-refractivity contribution < 1.29 is 19.3 Å². The van der Waals surface area contributed by atoms with E-state index in [1.165, 1.54) is 5.23 Å². The minimum atomic E-state index is -0.931. The first-order valence-electron chi connectivity index (χ1n) is 9.22.